The third-order valence-electron chi connectivity index (χ3n) is 1.12. The molecule has 0 bridgehead atoms. The summed E-state index contributed by atoms with van der Waals surface area (Å²) in [7, 11) is 0. The van der Waals surface area contributed by atoms with E-state index in [1.165, 1.54) is 6.20 Å². The first-order chi connectivity index (χ1) is 5.11. The molecule has 6 heteroatoms. The number of nitrogens with two attached hydrogens (primary N) is 1. The van der Waals surface area contributed by atoms with E-state index in [0.29, 0.717) is 4.61 Å². The minimum Gasteiger partial charge on any atom is -0.477 e. The Labute approximate surface area is 71.1 Å². The van der Waals surface area contributed by atoms with Gasteiger partial charge < -0.3 is 16.2 Å². The summed E-state index contributed by atoms with van der Waals surface area (Å²) >= 11 is 3.08. The Balaban J connectivity index is 2.87. The van der Waals surface area contributed by atoms with Crippen molar-refractivity contribution >= 4 is 27.6 Å². The Kier molecular flexibility index (Phi) is 2.25. The van der Waals surface area contributed by atoms with Crippen molar-refractivity contribution in [3.05, 3.63) is 10.8 Å². The van der Waals surface area contributed by atoms with Crippen molar-refractivity contribution in [3.63, 3.8) is 0 Å². The van der Waals surface area contributed by atoms with Crippen LogP contribution in [0.5, 0.6) is 0 Å². The minimum absolute atomic E-state index is 0.0896. The molecule has 1 rings (SSSR count). The molecule has 1 aliphatic rings. The van der Waals surface area contributed by atoms with E-state index in [0.717, 1.165) is 0 Å². The number of aliphatic imine (C=N–C) groups is 1. The fourth-order valence-corrected chi connectivity index (χ4v) is 0.998. The summed E-state index contributed by atoms with van der Waals surface area (Å²) in [6.45, 7) is 0. The molecule has 0 spiro atoms. The number of rotatable bonds is 1. The van der Waals surface area contributed by atoms with Gasteiger partial charge in [-0.15, -0.1) is 0 Å². The molecule has 1 atom stereocenters. The molecule has 1 unspecified atom stereocenters. The average molecular weight is 220 g/mol. The van der Waals surface area contributed by atoms with Crippen LogP contribution in [-0.4, -0.2) is 23.0 Å². The Morgan fingerprint density at radius 2 is 2.55 bits per heavy atom. The Morgan fingerprint density at radius 1 is 1.91 bits per heavy atom. The highest BCUT2D eigenvalue weighted by atomic mass is 79.9. The Hall–Kier alpha value is -0.880. The second-order valence-corrected chi connectivity index (χ2v) is 2.77. The van der Waals surface area contributed by atoms with Crippen LogP contribution < -0.4 is 11.1 Å². The standard InChI is InChI=1S/C5H6BrN3O2/c6-2-1-8-3(5(10)11)4(7)9-2/h1,4,9H,7H2,(H,10,11). The van der Waals surface area contributed by atoms with Gasteiger partial charge >= 0.3 is 5.97 Å². The maximum atomic E-state index is 10.4. The molecule has 1 aliphatic heterocycles. The van der Waals surface area contributed by atoms with Crippen LogP contribution in [0.25, 0.3) is 0 Å². The predicted molar refractivity (Wildman–Crippen MR) is 43.2 cm³/mol. The molecule has 0 aromatic carbocycles. The highest BCUT2D eigenvalue weighted by molar-refractivity contribution is 9.11. The summed E-state index contributed by atoms with van der Waals surface area (Å²) in [5, 5.41) is 11.2. The van der Waals surface area contributed by atoms with Gasteiger partial charge in [0.2, 0.25) is 0 Å². The molecule has 60 valence electrons. The lowest BCUT2D eigenvalue weighted by Crippen LogP contribution is -2.47. The van der Waals surface area contributed by atoms with Crippen LogP contribution in [-0.2, 0) is 4.79 Å². The molecular formula is C5H6BrN3O2. The van der Waals surface area contributed by atoms with Gasteiger partial charge in [0.05, 0.1) is 10.8 Å². The molecular weight excluding hydrogens is 214 g/mol. The number of carbonyl (C=O) groups is 1. The van der Waals surface area contributed by atoms with E-state index in [-0.39, 0.29) is 5.71 Å². The smallest absolute Gasteiger partial charge is 0.353 e. The van der Waals surface area contributed by atoms with E-state index in [4.69, 9.17) is 10.8 Å². The number of hydrogen-bond acceptors (Lipinski definition) is 4. The second kappa shape index (κ2) is 3.02. The predicted octanol–water partition coefficient (Wildman–Crippen LogP) is -0.406. The third kappa shape index (κ3) is 1.78. The number of halogens is 1. The van der Waals surface area contributed by atoms with Crippen LogP contribution >= 0.6 is 15.9 Å². The summed E-state index contributed by atoms with van der Waals surface area (Å²) in [5.74, 6) is -1.11. The second-order valence-electron chi connectivity index (χ2n) is 1.92. The first-order valence-corrected chi connectivity index (χ1v) is 3.59. The number of carboxylic acids is 1. The summed E-state index contributed by atoms with van der Waals surface area (Å²) in [5.41, 5.74) is 5.29. The monoisotopic (exact) mass is 219 g/mol. The zero-order chi connectivity index (χ0) is 8.43. The van der Waals surface area contributed by atoms with Gasteiger partial charge in [0.15, 0.2) is 5.71 Å². The van der Waals surface area contributed by atoms with Crippen LogP contribution in [0.3, 0.4) is 0 Å². The molecule has 1 heterocycles. The van der Waals surface area contributed by atoms with Crippen molar-refractivity contribution in [1.29, 1.82) is 0 Å². The molecule has 0 aliphatic carbocycles. The van der Waals surface area contributed by atoms with Crippen LogP contribution in [0.1, 0.15) is 0 Å². The summed E-state index contributed by atoms with van der Waals surface area (Å²) in [4.78, 5) is 14.0. The largest absolute Gasteiger partial charge is 0.477 e. The van der Waals surface area contributed by atoms with E-state index in [2.05, 4.69) is 26.2 Å². The van der Waals surface area contributed by atoms with E-state index in [1.807, 2.05) is 0 Å². The Bertz CT molecular complexity index is 248. The van der Waals surface area contributed by atoms with Crippen LogP contribution in [0, 0.1) is 0 Å². The fourth-order valence-electron chi connectivity index (χ4n) is 0.649. The lowest BCUT2D eigenvalue weighted by molar-refractivity contribution is -0.129. The molecule has 0 saturated heterocycles. The normalized spacial score (nSPS) is 23.3. The quantitative estimate of drug-likeness (QED) is 0.524. The van der Waals surface area contributed by atoms with Crippen molar-refractivity contribution < 1.29 is 9.90 Å². The van der Waals surface area contributed by atoms with Crippen LogP contribution in [0.2, 0.25) is 0 Å². The zero-order valence-corrected chi connectivity index (χ0v) is 7.00. The van der Waals surface area contributed by atoms with E-state index in [9.17, 15) is 4.79 Å². The van der Waals surface area contributed by atoms with Crippen molar-refractivity contribution in [2.24, 2.45) is 10.7 Å². The molecule has 0 saturated carbocycles. The van der Waals surface area contributed by atoms with Gasteiger partial charge in [-0.25, -0.2) is 9.79 Å². The minimum atomic E-state index is -1.11. The van der Waals surface area contributed by atoms with Gasteiger partial charge in [0.25, 0.3) is 0 Å². The van der Waals surface area contributed by atoms with Crippen molar-refractivity contribution in [3.8, 4) is 0 Å². The van der Waals surface area contributed by atoms with E-state index in [1.54, 1.807) is 0 Å². The highest BCUT2D eigenvalue weighted by Gasteiger charge is 2.20. The summed E-state index contributed by atoms with van der Waals surface area (Å²) < 4.78 is 0.579. The SMILES string of the molecule is NC1NC(Br)=CN=C1C(=O)O. The van der Waals surface area contributed by atoms with Gasteiger partial charge in [0, 0.05) is 0 Å². The molecule has 0 aromatic rings. The number of carboxylic acid groups (broad SMARTS) is 1. The summed E-state index contributed by atoms with van der Waals surface area (Å²) in [6, 6.07) is 0. The highest BCUT2D eigenvalue weighted by Crippen LogP contribution is 2.06. The number of aliphatic carboxylic acids is 1. The molecule has 0 aromatic heterocycles. The Morgan fingerprint density at radius 3 is 3.00 bits per heavy atom. The van der Waals surface area contributed by atoms with Gasteiger partial charge in [-0.1, -0.05) is 0 Å². The molecule has 4 N–H and O–H groups in total. The number of hydrogen-bond donors (Lipinski definition) is 3. The molecule has 0 radical (unpaired) electrons. The van der Waals surface area contributed by atoms with Gasteiger partial charge in [0.1, 0.15) is 6.17 Å². The van der Waals surface area contributed by atoms with Gasteiger partial charge in [-0.3, -0.25) is 0 Å². The van der Waals surface area contributed by atoms with Gasteiger partial charge in [-0.05, 0) is 15.9 Å². The molecule has 5 nitrogen and oxygen atoms in total. The molecule has 0 fully saturated rings. The van der Waals surface area contributed by atoms with Crippen molar-refractivity contribution in [2.75, 3.05) is 0 Å². The summed E-state index contributed by atoms with van der Waals surface area (Å²) in [6.07, 6.45) is 0.610. The topological polar surface area (TPSA) is 87.7 Å². The first kappa shape index (κ1) is 8.22. The number of nitrogens with zero attached hydrogens (tertiary/aromatic N) is 1. The first-order valence-electron chi connectivity index (χ1n) is 2.80. The lowest BCUT2D eigenvalue weighted by atomic mass is 10.3. The molecule has 11 heavy (non-hydrogen) atoms. The van der Waals surface area contributed by atoms with Gasteiger partial charge in [-0.2, -0.15) is 0 Å². The fraction of sp³-hybridized carbons (Fsp3) is 0.200. The zero-order valence-electron chi connectivity index (χ0n) is 5.41. The van der Waals surface area contributed by atoms with E-state index >= 15 is 0 Å². The third-order valence-corrected chi connectivity index (χ3v) is 1.56. The maximum absolute atomic E-state index is 10.4. The molecule has 0 amide bonds. The number of nitrogens with one attached hydrogen (secondary N) is 1. The van der Waals surface area contributed by atoms with E-state index < -0.39 is 12.1 Å². The lowest BCUT2D eigenvalue weighted by Gasteiger charge is -2.16. The van der Waals surface area contributed by atoms with Crippen LogP contribution in [0.15, 0.2) is 15.8 Å². The van der Waals surface area contributed by atoms with Crippen molar-refractivity contribution in [1.82, 2.24) is 5.32 Å². The average Bonchev–Trinajstić information content (AvgIpc) is 1.85. The maximum Gasteiger partial charge on any atom is 0.353 e. The van der Waals surface area contributed by atoms with Crippen molar-refractivity contribution in [2.45, 2.75) is 6.17 Å². The van der Waals surface area contributed by atoms with Crippen LogP contribution in [0.4, 0.5) is 0 Å².